The SMILES string of the molecule is CC(=O)NC[C@@H]1C[C@H]1C1CC=Cc2nn(C)cc21. The van der Waals surface area contributed by atoms with Gasteiger partial charge in [0, 0.05) is 32.3 Å². The van der Waals surface area contributed by atoms with E-state index in [1.807, 2.05) is 11.7 Å². The molecule has 1 aromatic rings. The highest BCUT2D eigenvalue weighted by atomic mass is 16.1. The van der Waals surface area contributed by atoms with Crippen LogP contribution >= 0.6 is 0 Å². The zero-order valence-electron chi connectivity index (χ0n) is 10.9. The Hall–Kier alpha value is -1.58. The number of nitrogens with one attached hydrogen (secondary N) is 1. The molecule has 96 valence electrons. The van der Waals surface area contributed by atoms with Crippen LogP contribution in [-0.4, -0.2) is 22.2 Å². The molecule has 1 aromatic heterocycles. The van der Waals surface area contributed by atoms with Crippen molar-refractivity contribution >= 4 is 12.0 Å². The number of amides is 1. The lowest BCUT2D eigenvalue weighted by Gasteiger charge is -2.17. The minimum Gasteiger partial charge on any atom is -0.356 e. The van der Waals surface area contributed by atoms with E-state index < -0.39 is 0 Å². The van der Waals surface area contributed by atoms with Crippen LogP contribution in [0, 0.1) is 11.8 Å². The smallest absolute Gasteiger partial charge is 0.216 e. The van der Waals surface area contributed by atoms with Gasteiger partial charge in [-0.3, -0.25) is 9.48 Å². The summed E-state index contributed by atoms with van der Waals surface area (Å²) in [6.07, 6.45) is 8.84. The molecule has 0 radical (unpaired) electrons. The molecule has 0 spiro atoms. The van der Waals surface area contributed by atoms with Gasteiger partial charge in [0.15, 0.2) is 0 Å². The van der Waals surface area contributed by atoms with E-state index in [1.54, 1.807) is 6.92 Å². The van der Waals surface area contributed by atoms with Crippen LogP contribution in [0.25, 0.3) is 6.08 Å². The lowest BCUT2D eigenvalue weighted by atomic mass is 9.87. The largest absolute Gasteiger partial charge is 0.356 e. The third-order valence-corrected chi connectivity index (χ3v) is 4.06. The number of aromatic nitrogens is 2. The first-order valence-corrected chi connectivity index (χ1v) is 6.59. The molecule has 0 aliphatic heterocycles. The number of allylic oxidation sites excluding steroid dienone is 1. The maximum atomic E-state index is 10.9. The van der Waals surface area contributed by atoms with Crippen molar-refractivity contribution in [3.05, 3.63) is 23.5 Å². The number of nitrogens with zero attached hydrogens (tertiary/aromatic N) is 2. The van der Waals surface area contributed by atoms with Gasteiger partial charge in [-0.1, -0.05) is 6.08 Å². The summed E-state index contributed by atoms with van der Waals surface area (Å²) in [5.74, 6) is 2.03. The van der Waals surface area contributed by atoms with Gasteiger partial charge in [0.1, 0.15) is 0 Å². The summed E-state index contributed by atoms with van der Waals surface area (Å²) < 4.78 is 1.90. The summed E-state index contributed by atoms with van der Waals surface area (Å²) in [4.78, 5) is 10.9. The molecule has 1 heterocycles. The first-order valence-electron chi connectivity index (χ1n) is 6.59. The Bertz CT molecular complexity index is 503. The number of fused-ring (bicyclic) bond motifs is 1. The van der Waals surface area contributed by atoms with Crippen LogP contribution in [0.5, 0.6) is 0 Å². The molecule has 1 amide bonds. The van der Waals surface area contributed by atoms with E-state index in [4.69, 9.17) is 0 Å². The first-order chi connectivity index (χ1) is 8.65. The molecule has 1 unspecified atom stereocenters. The Morgan fingerprint density at radius 1 is 1.61 bits per heavy atom. The first kappa shape index (κ1) is 11.5. The Labute approximate surface area is 107 Å². The highest BCUT2D eigenvalue weighted by Gasteiger charge is 2.44. The summed E-state index contributed by atoms with van der Waals surface area (Å²) in [6.45, 7) is 2.41. The fourth-order valence-corrected chi connectivity index (χ4v) is 3.07. The molecule has 3 rings (SSSR count). The number of carbonyl (C=O) groups is 1. The van der Waals surface area contributed by atoms with Crippen molar-refractivity contribution in [3.8, 4) is 0 Å². The van der Waals surface area contributed by atoms with E-state index in [0.717, 1.165) is 18.7 Å². The molecule has 1 saturated carbocycles. The van der Waals surface area contributed by atoms with Gasteiger partial charge in [-0.2, -0.15) is 5.10 Å². The van der Waals surface area contributed by atoms with Crippen molar-refractivity contribution in [3.63, 3.8) is 0 Å². The van der Waals surface area contributed by atoms with E-state index in [9.17, 15) is 4.79 Å². The molecule has 2 aliphatic rings. The standard InChI is InChI=1S/C14H19N3O/c1-9(18)15-7-10-6-12(10)11-4-3-5-14-13(11)8-17(2)16-14/h3,5,8,10-12H,4,6-7H2,1-2H3,(H,15,18)/t10-,11?,12+/m0/s1. The number of hydrogen-bond donors (Lipinski definition) is 1. The second kappa shape index (κ2) is 4.26. The zero-order chi connectivity index (χ0) is 12.7. The topological polar surface area (TPSA) is 46.9 Å². The Balaban J connectivity index is 1.68. The third-order valence-electron chi connectivity index (χ3n) is 4.06. The van der Waals surface area contributed by atoms with E-state index in [1.165, 1.54) is 12.0 Å². The maximum absolute atomic E-state index is 10.9. The molecule has 1 fully saturated rings. The Morgan fingerprint density at radius 2 is 2.44 bits per heavy atom. The minimum absolute atomic E-state index is 0.0752. The summed E-state index contributed by atoms with van der Waals surface area (Å²) in [5.41, 5.74) is 2.51. The Kier molecular flexibility index (Phi) is 2.73. The summed E-state index contributed by atoms with van der Waals surface area (Å²) in [7, 11) is 1.98. The van der Waals surface area contributed by atoms with Gasteiger partial charge in [0.05, 0.1) is 5.69 Å². The van der Waals surface area contributed by atoms with Gasteiger partial charge in [0.2, 0.25) is 5.91 Å². The minimum atomic E-state index is 0.0752. The van der Waals surface area contributed by atoms with E-state index >= 15 is 0 Å². The van der Waals surface area contributed by atoms with Gasteiger partial charge in [-0.05, 0) is 36.7 Å². The summed E-state index contributed by atoms with van der Waals surface area (Å²) in [5, 5.41) is 7.40. The average molecular weight is 245 g/mol. The van der Waals surface area contributed by atoms with Crippen molar-refractivity contribution in [2.45, 2.75) is 25.7 Å². The quantitative estimate of drug-likeness (QED) is 0.881. The third kappa shape index (κ3) is 2.07. The van der Waals surface area contributed by atoms with Crippen LogP contribution in [0.15, 0.2) is 12.3 Å². The van der Waals surface area contributed by atoms with Crippen molar-refractivity contribution in [2.24, 2.45) is 18.9 Å². The van der Waals surface area contributed by atoms with Crippen molar-refractivity contribution in [1.29, 1.82) is 0 Å². The second-order valence-electron chi connectivity index (χ2n) is 5.48. The number of aryl methyl sites for hydroxylation is 1. The molecule has 4 nitrogen and oxygen atoms in total. The van der Waals surface area contributed by atoms with Crippen molar-refractivity contribution in [2.75, 3.05) is 6.54 Å². The molecule has 0 bridgehead atoms. The highest BCUT2D eigenvalue weighted by molar-refractivity contribution is 5.72. The number of carbonyl (C=O) groups excluding carboxylic acids is 1. The van der Waals surface area contributed by atoms with E-state index in [2.05, 4.69) is 28.8 Å². The fraction of sp³-hybridized carbons (Fsp3) is 0.571. The number of hydrogen-bond acceptors (Lipinski definition) is 2. The van der Waals surface area contributed by atoms with Gasteiger partial charge in [-0.25, -0.2) is 0 Å². The van der Waals surface area contributed by atoms with Crippen LogP contribution in [0.3, 0.4) is 0 Å². The molecular weight excluding hydrogens is 226 g/mol. The predicted octanol–water partition coefficient (Wildman–Crippen LogP) is 1.69. The van der Waals surface area contributed by atoms with Gasteiger partial charge < -0.3 is 5.32 Å². The second-order valence-corrected chi connectivity index (χ2v) is 5.48. The lowest BCUT2D eigenvalue weighted by molar-refractivity contribution is -0.119. The van der Waals surface area contributed by atoms with E-state index in [-0.39, 0.29) is 5.91 Å². The molecule has 18 heavy (non-hydrogen) atoms. The van der Waals surface area contributed by atoms with Gasteiger partial charge >= 0.3 is 0 Å². The monoisotopic (exact) mass is 245 g/mol. The zero-order valence-corrected chi connectivity index (χ0v) is 10.9. The van der Waals surface area contributed by atoms with Crippen LogP contribution in [-0.2, 0) is 11.8 Å². The fourth-order valence-electron chi connectivity index (χ4n) is 3.07. The van der Waals surface area contributed by atoms with Crippen LogP contribution in [0.2, 0.25) is 0 Å². The molecular formula is C14H19N3O. The maximum Gasteiger partial charge on any atom is 0.216 e. The van der Waals surface area contributed by atoms with Crippen LogP contribution < -0.4 is 5.32 Å². The van der Waals surface area contributed by atoms with Crippen molar-refractivity contribution < 1.29 is 4.79 Å². The molecule has 1 N–H and O–H groups in total. The van der Waals surface area contributed by atoms with Crippen LogP contribution in [0.1, 0.15) is 36.9 Å². The Morgan fingerprint density at radius 3 is 3.22 bits per heavy atom. The van der Waals surface area contributed by atoms with Crippen molar-refractivity contribution in [1.82, 2.24) is 15.1 Å². The van der Waals surface area contributed by atoms with Gasteiger partial charge in [0.25, 0.3) is 0 Å². The summed E-state index contributed by atoms with van der Waals surface area (Å²) >= 11 is 0. The molecule has 0 saturated heterocycles. The molecule has 2 aliphatic carbocycles. The van der Waals surface area contributed by atoms with Gasteiger partial charge in [-0.15, -0.1) is 0 Å². The highest BCUT2D eigenvalue weighted by Crippen LogP contribution is 2.51. The molecule has 0 aromatic carbocycles. The molecule has 4 heteroatoms. The number of rotatable bonds is 3. The normalized spacial score (nSPS) is 28.9. The summed E-state index contributed by atoms with van der Waals surface area (Å²) in [6, 6.07) is 0. The predicted molar refractivity (Wildman–Crippen MR) is 69.9 cm³/mol. The average Bonchev–Trinajstić information content (AvgIpc) is 2.98. The molecule has 3 atom stereocenters. The van der Waals surface area contributed by atoms with Crippen LogP contribution in [0.4, 0.5) is 0 Å². The van der Waals surface area contributed by atoms with E-state index in [0.29, 0.717) is 17.8 Å². The lowest BCUT2D eigenvalue weighted by Crippen LogP contribution is -2.23.